The van der Waals surface area contributed by atoms with Gasteiger partial charge >= 0.3 is 0 Å². The zero-order valence-electron chi connectivity index (χ0n) is 14.2. The lowest BCUT2D eigenvalue weighted by molar-refractivity contribution is 0.0720. The fraction of sp³-hybridized carbons (Fsp3) is 0.316. The number of nitrogens with zero attached hydrogens (tertiary/aromatic N) is 4. The summed E-state index contributed by atoms with van der Waals surface area (Å²) in [6.45, 7) is 3.95. The molecule has 5 rings (SSSR count). The standard InChI is InChI=1S/C19H18N4O3/c24-18(17-9-13-3-1-2-4-16(13)26-17)23-11-14-10-20-19(21-15(14)12-23)22-5-7-25-8-6-22/h1-4,9-10H,5-8,11-12H2. The lowest BCUT2D eigenvalue weighted by atomic mass is 10.2. The molecular formula is C19H18N4O3. The third-order valence-corrected chi connectivity index (χ3v) is 4.86. The first-order valence-electron chi connectivity index (χ1n) is 8.73. The third-order valence-electron chi connectivity index (χ3n) is 4.86. The van der Waals surface area contributed by atoms with Gasteiger partial charge in [0.05, 0.1) is 25.5 Å². The number of carbonyl (C=O) groups is 1. The SMILES string of the molecule is O=C(c1cc2ccccc2o1)N1Cc2cnc(N3CCOCC3)nc2C1. The van der Waals surface area contributed by atoms with Crippen LogP contribution in [0.15, 0.2) is 40.9 Å². The van der Waals surface area contributed by atoms with Gasteiger partial charge in [0, 0.05) is 36.8 Å². The van der Waals surface area contributed by atoms with E-state index in [1.807, 2.05) is 30.5 Å². The molecule has 2 aliphatic rings. The highest BCUT2D eigenvalue weighted by atomic mass is 16.5. The van der Waals surface area contributed by atoms with E-state index < -0.39 is 0 Å². The number of hydrogen-bond acceptors (Lipinski definition) is 6. The second-order valence-corrected chi connectivity index (χ2v) is 6.55. The van der Waals surface area contributed by atoms with Gasteiger partial charge in [-0.3, -0.25) is 4.79 Å². The average Bonchev–Trinajstić information content (AvgIpc) is 3.31. The van der Waals surface area contributed by atoms with Crippen molar-refractivity contribution < 1.29 is 13.9 Å². The fourth-order valence-corrected chi connectivity index (χ4v) is 3.45. The van der Waals surface area contributed by atoms with E-state index in [2.05, 4.69) is 14.9 Å². The minimum Gasteiger partial charge on any atom is -0.451 e. The van der Waals surface area contributed by atoms with Crippen molar-refractivity contribution in [2.45, 2.75) is 13.1 Å². The van der Waals surface area contributed by atoms with Crippen molar-refractivity contribution in [3.05, 3.63) is 53.5 Å². The predicted molar refractivity (Wildman–Crippen MR) is 94.9 cm³/mol. The second-order valence-electron chi connectivity index (χ2n) is 6.55. The second kappa shape index (κ2) is 6.10. The number of anilines is 1. The number of aromatic nitrogens is 2. The Labute approximate surface area is 150 Å². The van der Waals surface area contributed by atoms with Gasteiger partial charge in [-0.05, 0) is 12.1 Å². The lowest BCUT2D eigenvalue weighted by Crippen LogP contribution is -2.37. The van der Waals surface area contributed by atoms with Gasteiger partial charge in [0.2, 0.25) is 5.95 Å². The maximum atomic E-state index is 12.8. The molecule has 7 nitrogen and oxygen atoms in total. The van der Waals surface area contributed by atoms with Gasteiger partial charge in [0.1, 0.15) is 5.58 Å². The summed E-state index contributed by atoms with van der Waals surface area (Å²) in [6, 6.07) is 9.43. The van der Waals surface area contributed by atoms with Crippen molar-refractivity contribution in [3.63, 3.8) is 0 Å². The summed E-state index contributed by atoms with van der Waals surface area (Å²) in [7, 11) is 0. The largest absolute Gasteiger partial charge is 0.451 e. The van der Waals surface area contributed by atoms with Crippen molar-refractivity contribution in [2.75, 3.05) is 31.2 Å². The number of rotatable bonds is 2. The van der Waals surface area contributed by atoms with Crippen LogP contribution in [0.25, 0.3) is 11.0 Å². The zero-order valence-corrected chi connectivity index (χ0v) is 14.2. The molecule has 1 aromatic carbocycles. The highest BCUT2D eigenvalue weighted by Crippen LogP contribution is 2.26. The van der Waals surface area contributed by atoms with E-state index in [0.717, 1.165) is 35.3 Å². The van der Waals surface area contributed by atoms with Gasteiger partial charge in [0.25, 0.3) is 5.91 Å². The van der Waals surface area contributed by atoms with Crippen LogP contribution in [0, 0.1) is 0 Å². The Morgan fingerprint density at radius 2 is 1.96 bits per heavy atom. The van der Waals surface area contributed by atoms with Crippen LogP contribution in [0.4, 0.5) is 5.95 Å². The molecule has 0 atom stereocenters. The molecule has 1 amide bonds. The highest BCUT2D eigenvalue weighted by Gasteiger charge is 2.29. The van der Waals surface area contributed by atoms with Crippen molar-refractivity contribution in [1.82, 2.24) is 14.9 Å². The molecule has 132 valence electrons. The summed E-state index contributed by atoms with van der Waals surface area (Å²) in [5, 5.41) is 0.932. The van der Waals surface area contributed by atoms with Gasteiger partial charge in [-0.1, -0.05) is 18.2 Å². The van der Waals surface area contributed by atoms with Crippen LogP contribution in [0.5, 0.6) is 0 Å². The van der Waals surface area contributed by atoms with E-state index in [1.54, 1.807) is 11.0 Å². The maximum Gasteiger partial charge on any atom is 0.290 e. The molecule has 0 N–H and O–H groups in total. The molecule has 2 aliphatic heterocycles. The normalized spacial score (nSPS) is 16.9. The minimum atomic E-state index is -0.118. The van der Waals surface area contributed by atoms with Crippen molar-refractivity contribution in [2.24, 2.45) is 0 Å². The van der Waals surface area contributed by atoms with Crippen molar-refractivity contribution in [1.29, 1.82) is 0 Å². The van der Waals surface area contributed by atoms with Crippen LogP contribution in [-0.4, -0.2) is 47.1 Å². The van der Waals surface area contributed by atoms with Gasteiger partial charge in [-0.15, -0.1) is 0 Å². The number of amides is 1. The Morgan fingerprint density at radius 1 is 1.12 bits per heavy atom. The van der Waals surface area contributed by atoms with Gasteiger partial charge in [-0.2, -0.15) is 0 Å². The number of carbonyl (C=O) groups excluding carboxylic acids is 1. The van der Waals surface area contributed by atoms with Crippen LogP contribution in [-0.2, 0) is 17.8 Å². The van der Waals surface area contributed by atoms with Crippen LogP contribution < -0.4 is 4.90 Å². The first-order chi connectivity index (χ1) is 12.8. The van der Waals surface area contributed by atoms with Crippen LogP contribution in [0.2, 0.25) is 0 Å². The highest BCUT2D eigenvalue weighted by molar-refractivity contribution is 5.96. The van der Waals surface area contributed by atoms with Gasteiger partial charge < -0.3 is 19.0 Å². The van der Waals surface area contributed by atoms with E-state index in [1.165, 1.54) is 0 Å². The van der Waals surface area contributed by atoms with E-state index in [-0.39, 0.29) is 5.91 Å². The molecule has 2 aromatic heterocycles. The molecule has 0 aliphatic carbocycles. The molecule has 7 heteroatoms. The summed E-state index contributed by atoms with van der Waals surface area (Å²) >= 11 is 0. The monoisotopic (exact) mass is 350 g/mol. The number of morpholine rings is 1. The van der Waals surface area contributed by atoms with Crippen LogP contribution in [0.1, 0.15) is 21.8 Å². The first kappa shape index (κ1) is 15.3. The Morgan fingerprint density at radius 3 is 2.81 bits per heavy atom. The molecule has 0 saturated carbocycles. The number of benzene rings is 1. The number of fused-ring (bicyclic) bond motifs is 2. The molecule has 1 fully saturated rings. The minimum absolute atomic E-state index is 0.118. The lowest BCUT2D eigenvalue weighted by Gasteiger charge is -2.26. The smallest absolute Gasteiger partial charge is 0.290 e. The summed E-state index contributed by atoms with van der Waals surface area (Å²) in [4.78, 5) is 25.9. The molecule has 0 spiro atoms. The van der Waals surface area contributed by atoms with Crippen molar-refractivity contribution in [3.8, 4) is 0 Å². The average molecular weight is 350 g/mol. The summed E-state index contributed by atoms with van der Waals surface area (Å²) in [5.41, 5.74) is 2.62. The van der Waals surface area contributed by atoms with E-state index >= 15 is 0 Å². The molecule has 0 bridgehead atoms. The zero-order chi connectivity index (χ0) is 17.5. The maximum absolute atomic E-state index is 12.8. The van der Waals surface area contributed by atoms with Crippen LogP contribution >= 0.6 is 0 Å². The fourth-order valence-electron chi connectivity index (χ4n) is 3.45. The molecule has 1 saturated heterocycles. The Balaban J connectivity index is 1.37. The van der Waals surface area contributed by atoms with E-state index in [4.69, 9.17) is 9.15 Å². The predicted octanol–water partition coefficient (Wildman–Crippen LogP) is 2.22. The summed E-state index contributed by atoms with van der Waals surface area (Å²) in [6.07, 6.45) is 1.83. The molecule has 4 heterocycles. The number of ether oxygens (including phenoxy) is 1. The topological polar surface area (TPSA) is 71.7 Å². The molecule has 26 heavy (non-hydrogen) atoms. The Bertz CT molecular complexity index is 945. The molecular weight excluding hydrogens is 332 g/mol. The third kappa shape index (κ3) is 2.61. The van der Waals surface area contributed by atoms with Crippen molar-refractivity contribution >= 4 is 22.8 Å². The molecule has 3 aromatic rings. The summed E-state index contributed by atoms with van der Waals surface area (Å²) < 4.78 is 11.1. The summed E-state index contributed by atoms with van der Waals surface area (Å²) in [5.74, 6) is 0.956. The first-order valence-corrected chi connectivity index (χ1v) is 8.73. The van der Waals surface area contributed by atoms with E-state index in [0.29, 0.717) is 38.0 Å². The van der Waals surface area contributed by atoms with Gasteiger partial charge in [-0.25, -0.2) is 9.97 Å². The Kier molecular flexibility index (Phi) is 3.60. The van der Waals surface area contributed by atoms with E-state index in [9.17, 15) is 4.79 Å². The molecule has 0 radical (unpaired) electrons. The number of para-hydroxylation sites is 1. The molecule has 0 unspecified atom stereocenters. The van der Waals surface area contributed by atoms with Gasteiger partial charge in [0.15, 0.2) is 5.76 Å². The van der Waals surface area contributed by atoms with Crippen LogP contribution in [0.3, 0.4) is 0 Å². The Hall–Kier alpha value is -2.93. The number of furan rings is 1. The quantitative estimate of drug-likeness (QED) is 0.706. The number of hydrogen-bond donors (Lipinski definition) is 0.